The van der Waals surface area contributed by atoms with E-state index in [0.717, 1.165) is 18.0 Å². The van der Waals surface area contributed by atoms with Crippen LogP contribution in [0, 0.1) is 0 Å². The van der Waals surface area contributed by atoms with Gasteiger partial charge in [-0.1, -0.05) is 30.7 Å². The molecule has 0 aliphatic rings. The Hall–Kier alpha value is -0.570. The highest BCUT2D eigenvalue weighted by Crippen LogP contribution is 2.27. The van der Waals surface area contributed by atoms with Crippen molar-refractivity contribution in [2.75, 3.05) is 6.54 Å². The van der Waals surface area contributed by atoms with Crippen molar-refractivity contribution in [1.82, 2.24) is 4.90 Å². The van der Waals surface area contributed by atoms with Crippen LogP contribution in [0.25, 0.3) is 0 Å². The van der Waals surface area contributed by atoms with Gasteiger partial charge in [0.1, 0.15) is 0 Å². The molecular formula is C15H25ClN2. The lowest BCUT2D eigenvalue weighted by Gasteiger charge is -2.37. The fraction of sp³-hybridized carbons (Fsp3) is 0.600. The molecule has 1 aromatic rings. The van der Waals surface area contributed by atoms with Crippen LogP contribution in [-0.4, -0.2) is 23.5 Å². The van der Waals surface area contributed by atoms with Crippen LogP contribution in [0.15, 0.2) is 24.3 Å². The van der Waals surface area contributed by atoms with Gasteiger partial charge in [0.2, 0.25) is 0 Å². The number of halogens is 1. The first-order valence-electron chi connectivity index (χ1n) is 6.74. The second-order valence-electron chi connectivity index (χ2n) is 5.19. The first-order valence-corrected chi connectivity index (χ1v) is 7.12. The Labute approximate surface area is 116 Å². The molecule has 2 unspecified atom stereocenters. The quantitative estimate of drug-likeness (QED) is 0.849. The van der Waals surface area contributed by atoms with Crippen molar-refractivity contribution < 1.29 is 0 Å². The predicted octanol–water partition coefficient (Wildman–Crippen LogP) is 3.85. The van der Waals surface area contributed by atoms with Crippen LogP contribution in [0.1, 0.15) is 45.7 Å². The lowest BCUT2D eigenvalue weighted by molar-refractivity contribution is 0.136. The van der Waals surface area contributed by atoms with E-state index in [2.05, 4.69) is 44.7 Å². The Bertz CT molecular complexity index is 346. The predicted molar refractivity (Wildman–Crippen MR) is 80.0 cm³/mol. The molecule has 0 fully saturated rings. The van der Waals surface area contributed by atoms with Crippen molar-refractivity contribution >= 4 is 11.6 Å². The molecule has 2 nitrogen and oxygen atoms in total. The van der Waals surface area contributed by atoms with Gasteiger partial charge in [-0.2, -0.15) is 0 Å². The second kappa shape index (κ2) is 7.13. The summed E-state index contributed by atoms with van der Waals surface area (Å²) in [4.78, 5) is 2.47. The molecule has 0 heterocycles. The van der Waals surface area contributed by atoms with E-state index in [1.807, 2.05) is 12.1 Å². The fourth-order valence-electron chi connectivity index (χ4n) is 2.43. The molecule has 18 heavy (non-hydrogen) atoms. The van der Waals surface area contributed by atoms with E-state index in [-0.39, 0.29) is 12.1 Å². The molecule has 0 saturated heterocycles. The van der Waals surface area contributed by atoms with Crippen LogP contribution < -0.4 is 5.73 Å². The largest absolute Gasteiger partial charge is 0.326 e. The SMILES string of the molecule is CCCN(C(C)C)C(c1ccc(Cl)cc1)C(C)N. The summed E-state index contributed by atoms with van der Waals surface area (Å²) in [6.45, 7) is 9.79. The van der Waals surface area contributed by atoms with Crippen molar-refractivity contribution in [1.29, 1.82) is 0 Å². The van der Waals surface area contributed by atoms with Gasteiger partial charge in [-0.05, 0) is 51.4 Å². The Morgan fingerprint density at radius 2 is 1.72 bits per heavy atom. The molecule has 2 N–H and O–H groups in total. The maximum atomic E-state index is 6.20. The van der Waals surface area contributed by atoms with Gasteiger partial charge in [0.25, 0.3) is 0 Å². The molecular weight excluding hydrogens is 244 g/mol. The summed E-state index contributed by atoms with van der Waals surface area (Å²) >= 11 is 5.95. The average Bonchev–Trinajstić information content (AvgIpc) is 2.30. The van der Waals surface area contributed by atoms with E-state index in [0.29, 0.717) is 6.04 Å². The van der Waals surface area contributed by atoms with Gasteiger partial charge in [-0.15, -0.1) is 0 Å². The summed E-state index contributed by atoms with van der Waals surface area (Å²) in [7, 11) is 0. The van der Waals surface area contributed by atoms with E-state index in [9.17, 15) is 0 Å². The van der Waals surface area contributed by atoms with E-state index in [1.165, 1.54) is 5.56 Å². The van der Waals surface area contributed by atoms with E-state index in [1.54, 1.807) is 0 Å². The van der Waals surface area contributed by atoms with Crippen molar-refractivity contribution in [3.8, 4) is 0 Å². The molecule has 3 heteroatoms. The third-order valence-corrected chi connectivity index (χ3v) is 3.46. The number of hydrogen-bond acceptors (Lipinski definition) is 2. The van der Waals surface area contributed by atoms with Crippen molar-refractivity contribution in [2.45, 2.75) is 52.2 Å². The summed E-state index contributed by atoms with van der Waals surface area (Å²) in [5, 5.41) is 0.772. The lowest BCUT2D eigenvalue weighted by Crippen LogP contribution is -2.43. The van der Waals surface area contributed by atoms with Gasteiger partial charge in [-0.25, -0.2) is 0 Å². The third-order valence-electron chi connectivity index (χ3n) is 3.21. The Morgan fingerprint density at radius 3 is 2.11 bits per heavy atom. The minimum atomic E-state index is 0.0973. The number of benzene rings is 1. The molecule has 1 rings (SSSR count). The van der Waals surface area contributed by atoms with Crippen LogP contribution >= 0.6 is 11.6 Å². The molecule has 1 aromatic carbocycles. The first-order chi connectivity index (χ1) is 8.47. The molecule has 0 bridgehead atoms. The van der Waals surface area contributed by atoms with Crippen LogP contribution in [0.5, 0.6) is 0 Å². The summed E-state index contributed by atoms with van der Waals surface area (Å²) in [5.41, 5.74) is 7.45. The minimum Gasteiger partial charge on any atom is -0.326 e. The molecule has 0 aliphatic heterocycles. The Morgan fingerprint density at radius 1 is 1.17 bits per heavy atom. The highest BCUT2D eigenvalue weighted by molar-refractivity contribution is 6.30. The molecule has 0 aromatic heterocycles. The summed E-state index contributed by atoms with van der Waals surface area (Å²) in [6.07, 6.45) is 1.13. The van der Waals surface area contributed by atoms with Gasteiger partial charge < -0.3 is 5.73 Å². The summed E-state index contributed by atoms with van der Waals surface area (Å²) in [6, 6.07) is 8.88. The maximum Gasteiger partial charge on any atom is 0.0499 e. The molecule has 102 valence electrons. The zero-order valence-corrected chi connectivity index (χ0v) is 12.6. The third kappa shape index (κ3) is 3.98. The Balaban J connectivity index is 3.03. The molecule has 0 radical (unpaired) electrons. The van der Waals surface area contributed by atoms with Crippen LogP contribution in [0.4, 0.5) is 0 Å². The van der Waals surface area contributed by atoms with Crippen molar-refractivity contribution in [3.05, 3.63) is 34.9 Å². The molecule has 0 amide bonds. The smallest absolute Gasteiger partial charge is 0.0499 e. The normalized spacial score (nSPS) is 15.1. The molecule has 0 aliphatic carbocycles. The highest BCUT2D eigenvalue weighted by atomic mass is 35.5. The number of nitrogens with zero attached hydrogens (tertiary/aromatic N) is 1. The molecule has 0 spiro atoms. The van der Waals surface area contributed by atoms with E-state index < -0.39 is 0 Å². The van der Waals surface area contributed by atoms with Gasteiger partial charge in [0, 0.05) is 23.1 Å². The van der Waals surface area contributed by atoms with Gasteiger partial charge in [0.05, 0.1) is 0 Å². The van der Waals surface area contributed by atoms with Crippen LogP contribution in [0.2, 0.25) is 5.02 Å². The summed E-state index contributed by atoms with van der Waals surface area (Å²) in [5.74, 6) is 0. The number of hydrogen-bond donors (Lipinski definition) is 1. The monoisotopic (exact) mass is 268 g/mol. The van der Waals surface area contributed by atoms with Gasteiger partial charge in [0.15, 0.2) is 0 Å². The average molecular weight is 269 g/mol. The topological polar surface area (TPSA) is 29.3 Å². The Kier molecular flexibility index (Phi) is 6.13. The van der Waals surface area contributed by atoms with Gasteiger partial charge >= 0.3 is 0 Å². The van der Waals surface area contributed by atoms with Crippen molar-refractivity contribution in [2.24, 2.45) is 5.73 Å². The number of rotatable bonds is 6. The highest BCUT2D eigenvalue weighted by Gasteiger charge is 2.25. The molecule has 2 atom stereocenters. The first kappa shape index (κ1) is 15.5. The summed E-state index contributed by atoms with van der Waals surface area (Å²) < 4.78 is 0. The standard InChI is InChI=1S/C15H25ClN2/c1-5-10-18(11(2)3)15(12(4)17)13-6-8-14(16)9-7-13/h6-9,11-12,15H,5,10,17H2,1-4H3. The fourth-order valence-corrected chi connectivity index (χ4v) is 2.56. The van der Waals surface area contributed by atoms with E-state index in [4.69, 9.17) is 17.3 Å². The zero-order valence-electron chi connectivity index (χ0n) is 11.9. The lowest BCUT2D eigenvalue weighted by atomic mass is 9.97. The zero-order chi connectivity index (χ0) is 13.7. The maximum absolute atomic E-state index is 6.20. The molecule has 0 saturated carbocycles. The second-order valence-corrected chi connectivity index (χ2v) is 5.62. The van der Waals surface area contributed by atoms with Crippen LogP contribution in [0.3, 0.4) is 0 Å². The van der Waals surface area contributed by atoms with Gasteiger partial charge in [-0.3, -0.25) is 4.90 Å². The van der Waals surface area contributed by atoms with E-state index >= 15 is 0 Å². The van der Waals surface area contributed by atoms with Crippen molar-refractivity contribution in [3.63, 3.8) is 0 Å². The van der Waals surface area contributed by atoms with Crippen LogP contribution in [-0.2, 0) is 0 Å². The number of nitrogens with two attached hydrogens (primary N) is 1. The minimum absolute atomic E-state index is 0.0973.